The first-order chi connectivity index (χ1) is 10.2. The molecule has 0 spiro atoms. The molecule has 0 fully saturated rings. The molecule has 1 aliphatic heterocycles. The van der Waals surface area contributed by atoms with Gasteiger partial charge in [0.2, 0.25) is 0 Å². The van der Waals surface area contributed by atoms with Crippen molar-refractivity contribution in [1.82, 2.24) is 0 Å². The minimum atomic E-state index is -0.213. The van der Waals surface area contributed by atoms with Crippen LogP contribution in [-0.2, 0) is 22.6 Å². The number of rotatable bonds is 7. The highest BCUT2D eigenvalue weighted by Gasteiger charge is 2.29. The molecule has 0 bridgehead atoms. The molecule has 1 atom stereocenters. The monoisotopic (exact) mass is 290 g/mol. The fraction of sp³-hybridized carbons (Fsp3) is 0.611. The van der Waals surface area contributed by atoms with Crippen LogP contribution in [0.2, 0.25) is 0 Å². The molecule has 3 nitrogen and oxygen atoms in total. The third kappa shape index (κ3) is 3.65. The zero-order valence-electron chi connectivity index (χ0n) is 13.2. The molecule has 2 heterocycles. The van der Waals surface area contributed by atoms with Crippen molar-refractivity contribution in [3.8, 4) is 0 Å². The lowest BCUT2D eigenvalue weighted by Gasteiger charge is -2.14. The topological polar surface area (TPSA) is 39.4 Å². The zero-order valence-corrected chi connectivity index (χ0v) is 13.2. The van der Waals surface area contributed by atoms with Gasteiger partial charge in [-0.15, -0.1) is 0 Å². The van der Waals surface area contributed by atoms with Gasteiger partial charge in [-0.2, -0.15) is 0 Å². The predicted molar refractivity (Wildman–Crippen MR) is 84.0 cm³/mol. The molecule has 2 rings (SSSR count). The molecule has 116 valence electrons. The van der Waals surface area contributed by atoms with Gasteiger partial charge in [-0.1, -0.05) is 33.3 Å². The number of carbonyl (C=O) groups is 1. The summed E-state index contributed by atoms with van der Waals surface area (Å²) < 4.78 is 11.4. The summed E-state index contributed by atoms with van der Waals surface area (Å²) in [5.74, 6) is 1.02. The average Bonchev–Trinajstić information content (AvgIpc) is 2.81. The van der Waals surface area contributed by atoms with E-state index in [4.69, 9.17) is 9.15 Å². The fourth-order valence-electron chi connectivity index (χ4n) is 2.78. The first kappa shape index (κ1) is 16.0. The minimum Gasteiger partial charge on any atom is -0.468 e. The lowest BCUT2D eigenvalue weighted by atomic mass is 9.89. The minimum absolute atomic E-state index is 0.213. The van der Waals surface area contributed by atoms with Crippen LogP contribution in [0, 0.1) is 5.92 Å². The van der Waals surface area contributed by atoms with Gasteiger partial charge in [-0.25, -0.2) is 0 Å². The molecule has 1 aromatic rings. The van der Waals surface area contributed by atoms with Crippen LogP contribution < -0.4 is 0 Å². The third-order valence-electron chi connectivity index (χ3n) is 4.20. The number of hydrogen-bond acceptors (Lipinski definition) is 3. The molecule has 21 heavy (non-hydrogen) atoms. The van der Waals surface area contributed by atoms with Crippen LogP contribution in [0.15, 0.2) is 17.3 Å². The second-order valence-corrected chi connectivity index (χ2v) is 5.82. The molecule has 1 aliphatic rings. The molecule has 0 amide bonds. The largest absolute Gasteiger partial charge is 0.468 e. The summed E-state index contributed by atoms with van der Waals surface area (Å²) in [4.78, 5) is 12.3. The van der Waals surface area contributed by atoms with E-state index in [0.29, 0.717) is 19.6 Å². The first-order valence-electron chi connectivity index (χ1n) is 8.07. The van der Waals surface area contributed by atoms with Crippen molar-refractivity contribution in [3.05, 3.63) is 29.7 Å². The molecule has 0 saturated heterocycles. The normalized spacial score (nSPS) is 18.4. The van der Waals surface area contributed by atoms with Crippen molar-refractivity contribution in [1.29, 1.82) is 0 Å². The molecule has 1 aromatic heterocycles. The molecule has 0 radical (unpaired) electrons. The number of unbranched alkanes of at least 4 members (excludes halogenated alkanes) is 2. The second-order valence-electron chi connectivity index (χ2n) is 5.82. The summed E-state index contributed by atoms with van der Waals surface area (Å²) >= 11 is 0. The SMILES string of the molecule is C=C1c2coc(CCCC)c2COCC1C(=O)CCCC. The number of ether oxygens (including phenoxy) is 1. The lowest BCUT2D eigenvalue weighted by Crippen LogP contribution is -2.19. The highest BCUT2D eigenvalue weighted by Crippen LogP contribution is 2.34. The Labute approximate surface area is 127 Å². The molecule has 0 N–H and O–H groups in total. The van der Waals surface area contributed by atoms with E-state index in [9.17, 15) is 4.79 Å². The Morgan fingerprint density at radius 2 is 2.10 bits per heavy atom. The highest BCUT2D eigenvalue weighted by atomic mass is 16.5. The number of Topliss-reactive ketones (excluding diaryl/α,β-unsaturated/α-hetero) is 1. The quantitative estimate of drug-likeness (QED) is 0.740. The van der Waals surface area contributed by atoms with E-state index >= 15 is 0 Å². The van der Waals surface area contributed by atoms with Crippen molar-refractivity contribution in [2.24, 2.45) is 5.92 Å². The predicted octanol–water partition coefficient (Wildman–Crippen LogP) is 4.54. The highest BCUT2D eigenvalue weighted by molar-refractivity contribution is 5.93. The number of fused-ring (bicyclic) bond motifs is 1. The van der Waals surface area contributed by atoms with E-state index in [2.05, 4.69) is 20.4 Å². The summed E-state index contributed by atoms with van der Waals surface area (Å²) in [6, 6.07) is 0. The Morgan fingerprint density at radius 1 is 1.33 bits per heavy atom. The number of carbonyl (C=O) groups excluding carboxylic acids is 1. The number of furan rings is 1. The molecule has 1 unspecified atom stereocenters. The first-order valence-corrected chi connectivity index (χ1v) is 8.07. The Hall–Kier alpha value is -1.35. The van der Waals surface area contributed by atoms with Crippen molar-refractivity contribution < 1.29 is 13.9 Å². The van der Waals surface area contributed by atoms with Crippen LogP contribution >= 0.6 is 0 Å². The Bertz CT molecular complexity index is 499. The summed E-state index contributed by atoms with van der Waals surface area (Å²) in [7, 11) is 0. The van der Waals surface area contributed by atoms with Gasteiger partial charge in [0.25, 0.3) is 0 Å². The molecule has 0 saturated carbocycles. The van der Waals surface area contributed by atoms with Gasteiger partial charge in [0.15, 0.2) is 0 Å². The van der Waals surface area contributed by atoms with Crippen LogP contribution in [0.5, 0.6) is 0 Å². The average molecular weight is 290 g/mol. The van der Waals surface area contributed by atoms with Gasteiger partial charge in [0, 0.05) is 24.0 Å². The van der Waals surface area contributed by atoms with Crippen LogP contribution in [-0.4, -0.2) is 12.4 Å². The van der Waals surface area contributed by atoms with Crippen molar-refractivity contribution in [2.75, 3.05) is 6.61 Å². The Balaban J connectivity index is 2.16. The summed E-state index contributed by atoms with van der Waals surface area (Å²) in [5.41, 5.74) is 2.96. The second kappa shape index (κ2) is 7.60. The van der Waals surface area contributed by atoms with Crippen molar-refractivity contribution in [3.63, 3.8) is 0 Å². The van der Waals surface area contributed by atoms with Crippen molar-refractivity contribution >= 4 is 11.4 Å². The van der Waals surface area contributed by atoms with Gasteiger partial charge in [0.05, 0.1) is 25.4 Å². The zero-order chi connectivity index (χ0) is 15.2. The number of hydrogen-bond donors (Lipinski definition) is 0. The number of ketones is 1. The van der Waals surface area contributed by atoms with Crippen LogP contribution in [0.1, 0.15) is 62.8 Å². The van der Waals surface area contributed by atoms with Crippen LogP contribution in [0.3, 0.4) is 0 Å². The van der Waals surface area contributed by atoms with Gasteiger partial charge >= 0.3 is 0 Å². The maximum absolute atomic E-state index is 12.3. The lowest BCUT2D eigenvalue weighted by molar-refractivity contribution is -0.122. The van der Waals surface area contributed by atoms with Gasteiger partial charge in [-0.3, -0.25) is 4.79 Å². The maximum Gasteiger partial charge on any atom is 0.142 e. The Kier molecular flexibility index (Phi) is 5.80. The van der Waals surface area contributed by atoms with Gasteiger partial charge < -0.3 is 9.15 Å². The molecule has 0 aromatic carbocycles. The van der Waals surface area contributed by atoms with Crippen molar-refractivity contribution in [2.45, 2.75) is 59.0 Å². The van der Waals surface area contributed by atoms with E-state index in [0.717, 1.165) is 54.6 Å². The summed E-state index contributed by atoms with van der Waals surface area (Å²) in [6.45, 7) is 9.40. The van der Waals surface area contributed by atoms with E-state index in [-0.39, 0.29) is 11.7 Å². The van der Waals surface area contributed by atoms with Crippen LogP contribution in [0.25, 0.3) is 5.57 Å². The van der Waals surface area contributed by atoms with E-state index in [1.807, 2.05) is 0 Å². The standard InChI is InChI=1S/C18H26O3/c1-4-6-8-17(19)15-10-20-11-16-14(13(15)3)12-21-18(16)9-7-5-2/h12,15H,3-11H2,1-2H3. The molecular weight excluding hydrogens is 264 g/mol. The summed E-state index contributed by atoms with van der Waals surface area (Å²) in [5, 5.41) is 0. The smallest absolute Gasteiger partial charge is 0.142 e. The van der Waals surface area contributed by atoms with Crippen LogP contribution in [0.4, 0.5) is 0 Å². The molecule has 0 aliphatic carbocycles. The molecule has 3 heteroatoms. The third-order valence-corrected chi connectivity index (χ3v) is 4.20. The van der Waals surface area contributed by atoms with Gasteiger partial charge in [-0.05, 0) is 18.4 Å². The van der Waals surface area contributed by atoms with Gasteiger partial charge in [0.1, 0.15) is 11.5 Å². The number of aryl methyl sites for hydroxylation is 1. The molecular formula is C18H26O3. The van der Waals surface area contributed by atoms with E-state index < -0.39 is 0 Å². The Morgan fingerprint density at radius 3 is 2.81 bits per heavy atom. The van der Waals surface area contributed by atoms with E-state index in [1.54, 1.807) is 6.26 Å². The van der Waals surface area contributed by atoms with E-state index in [1.165, 1.54) is 0 Å². The fourth-order valence-corrected chi connectivity index (χ4v) is 2.78. The maximum atomic E-state index is 12.3. The summed E-state index contributed by atoms with van der Waals surface area (Å²) in [6.07, 6.45) is 7.50.